The number of nitrogens with one attached hydrogen (secondary N) is 1. The first-order valence-electron chi connectivity index (χ1n) is 7.75. The molecule has 122 valence electrons. The largest absolute Gasteiger partial charge is 0.497 e. The number of anilines is 1. The zero-order chi connectivity index (χ0) is 16.1. The Morgan fingerprint density at radius 3 is 3.13 bits per heavy atom. The second-order valence-corrected chi connectivity index (χ2v) is 6.37. The lowest BCUT2D eigenvalue weighted by Crippen LogP contribution is -2.14. The monoisotopic (exact) mass is 332 g/mol. The SMILES string of the molecule is COc1cccc(NC(=O)CSc2nnc3n2CCCCC3)c1. The van der Waals surface area contributed by atoms with Crippen LogP contribution in [0.3, 0.4) is 0 Å². The van der Waals surface area contributed by atoms with E-state index in [0.29, 0.717) is 5.75 Å². The molecule has 0 fully saturated rings. The van der Waals surface area contributed by atoms with E-state index in [4.69, 9.17) is 4.74 Å². The van der Waals surface area contributed by atoms with Crippen LogP contribution in [0.2, 0.25) is 0 Å². The summed E-state index contributed by atoms with van der Waals surface area (Å²) >= 11 is 1.43. The van der Waals surface area contributed by atoms with Gasteiger partial charge in [-0.1, -0.05) is 24.2 Å². The number of ether oxygens (including phenoxy) is 1. The van der Waals surface area contributed by atoms with Crippen LogP contribution < -0.4 is 10.1 Å². The predicted molar refractivity (Wildman–Crippen MR) is 89.9 cm³/mol. The van der Waals surface area contributed by atoms with E-state index in [9.17, 15) is 4.79 Å². The number of hydrogen-bond donors (Lipinski definition) is 1. The first kappa shape index (κ1) is 15.9. The number of methoxy groups -OCH3 is 1. The predicted octanol–water partition coefficient (Wildman–Crippen LogP) is 2.74. The van der Waals surface area contributed by atoms with Crippen LogP contribution in [0.1, 0.15) is 25.1 Å². The van der Waals surface area contributed by atoms with Gasteiger partial charge in [-0.3, -0.25) is 4.79 Å². The molecule has 7 heteroatoms. The number of aryl methyl sites for hydroxylation is 1. The van der Waals surface area contributed by atoms with Crippen molar-refractivity contribution in [3.05, 3.63) is 30.1 Å². The van der Waals surface area contributed by atoms with Gasteiger partial charge in [0.1, 0.15) is 11.6 Å². The maximum Gasteiger partial charge on any atom is 0.234 e. The maximum atomic E-state index is 12.1. The molecule has 0 bridgehead atoms. The minimum Gasteiger partial charge on any atom is -0.497 e. The van der Waals surface area contributed by atoms with Crippen molar-refractivity contribution in [2.75, 3.05) is 18.2 Å². The molecule has 2 heterocycles. The van der Waals surface area contributed by atoms with Crippen molar-refractivity contribution in [3.8, 4) is 5.75 Å². The fraction of sp³-hybridized carbons (Fsp3) is 0.438. The zero-order valence-corrected chi connectivity index (χ0v) is 13.9. The topological polar surface area (TPSA) is 69.0 Å². The standard InChI is InChI=1S/C16H20N4O2S/c1-22-13-7-5-6-12(10-13)17-15(21)11-23-16-19-18-14-8-3-2-4-9-20(14)16/h5-7,10H,2-4,8-9,11H2,1H3,(H,17,21). The Morgan fingerprint density at radius 1 is 1.35 bits per heavy atom. The summed E-state index contributed by atoms with van der Waals surface area (Å²) in [6, 6.07) is 7.33. The van der Waals surface area contributed by atoms with Crippen LogP contribution in [0.15, 0.2) is 29.4 Å². The molecule has 2 aromatic rings. The zero-order valence-electron chi connectivity index (χ0n) is 13.1. The number of fused-ring (bicyclic) bond motifs is 1. The number of carbonyl (C=O) groups is 1. The highest BCUT2D eigenvalue weighted by atomic mass is 32.2. The molecule has 0 saturated heterocycles. The molecule has 0 unspecified atom stereocenters. The second-order valence-electron chi connectivity index (χ2n) is 5.43. The van der Waals surface area contributed by atoms with Crippen molar-refractivity contribution in [2.24, 2.45) is 0 Å². The highest BCUT2D eigenvalue weighted by Gasteiger charge is 2.16. The number of nitrogens with zero attached hydrogens (tertiary/aromatic N) is 3. The number of benzene rings is 1. The molecule has 0 saturated carbocycles. The van der Waals surface area contributed by atoms with Crippen molar-refractivity contribution in [1.82, 2.24) is 14.8 Å². The minimum absolute atomic E-state index is 0.0609. The molecule has 0 radical (unpaired) electrons. The molecular weight excluding hydrogens is 312 g/mol. The van der Waals surface area contributed by atoms with E-state index in [1.54, 1.807) is 13.2 Å². The van der Waals surface area contributed by atoms with Crippen LogP contribution in [0.4, 0.5) is 5.69 Å². The summed E-state index contributed by atoms with van der Waals surface area (Å²) in [6.45, 7) is 0.947. The summed E-state index contributed by atoms with van der Waals surface area (Å²) in [5.41, 5.74) is 0.732. The number of amides is 1. The van der Waals surface area contributed by atoms with Gasteiger partial charge in [0.2, 0.25) is 5.91 Å². The van der Waals surface area contributed by atoms with E-state index in [1.807, 2.05) is 18.2 Å². The Kier molecular flexibility index (Phi) is 5.17. The quantitative estimate of drug-likeness (QED) is 0.853. The first-order chi connectivity index (χ1) is 11.3. The van der Waals surface area contributed by atoms with Crippen LogP contribution in [-0.2, 0) is 17.8 Å². The van der Waals surface area contributed by atoms with Crippen LogP contribution in [0.25, 0.3) is 0 Å². The summed E-state index contributed by atoms with van der Waals surface area (Å²) in [5.74, 6) is 2.01. The Morgan fingerprint density at radius 2 is 2.26 bits per heavy atom. The normalized spacial score (nSPS) is 14.0. The third-order valence-corrected chi connectivity index (χ3v) is 4.73. The molecule has 23 heavy (non-hydrogen) atoms. The average Bonchev–Trinajstić information content (AvgIpc) is 2.79. The van der Waals surface area contributed by atoms with Gasteiger partial charge in [-0.15, -0.1) is 10.2 Å². The van der Waals surface area contributed by atoms with E-state index in [1.165, 1.54) is 24.6 Å². The van der Waals surface area contributed by atoms with E-state index in [0.717, 1.165) is 41.8 Å². The van der Waals surface area contributed by atoms with E-state index < -0.39 is 0 Å². The van der Waals surface area contributed by atoms with E-state index in [2.05, 4.69) is 20.1 Å². The first-order valence-corrected chi connectivity index (χ1v) is 8.73. The van der Waals surface area contributed by atoms with Gasteiger partial charge in [-0.2, -0.15) is 0 Å². The average molecular weight is 332 g/mol. The summed E-state index contributed by atoms with van der Waals surface area (Å²) in [4.78, 5) is 12.1. The van der Waals surface area contributed by atoms with Crippen LogP contribution in [0.5, 0.6) is 5.75 Å². The molecular formula is C16H20N4O2S. The molecule has 6 nitrogen and oxygen atoms in total. The lowest BCUT2D eigenvalue weighted by atomic mass is 10.2. The Bertz CT molecular complexity index is 686. The molecule has 1 aliphatic heterocycles. The highest BCUT2D eigenvalue weighted by molar-refractivity contribution is 7.99. The molecule has 0 spiro atoms. The van der Waals surface area contributed by atoms with Gasteiger partial charge in [0.25, 0.3) is 0 Å². The van der Waals surface area contributed by atoms with Gasteiger partial charge in [0.15, 0.2) is 5.16 Å². The van der Waals surface area contributed by atoms with Crippen LogP contribution in [0, 0.1) is 0 Å². The summed E-state index contributed by atoms with van der Waals surface area (Å²) in [7, 11) is 1.60. The highest BCUT2D eigenvalue weighted by Crippen LogP contribution is 2.22. The number of rotatable bonds is 5. The lowest BCUT2D eigenvalue weighted by Gasteiger charge is -2.08. The summed E-state index contributed by atoms with van der Waals surface area (Å²) in [5, 5.41) is 12.2. The number of aromatic nitrogens is 3. The van der Waals surface area contributed by atoms with E-state index >= 15 is 0 Å². The number of carbonyl (C=O) groups excluding carboxylic acids is 1. The smallest absolute Gasteiger partial charge is 0.234 e. The molecule has 1 aromatic heterocycles. The number of hydrogen-bond acceptors (Lipinski definition) is 5. The summed E-state index contributed by atoms with van der Waals surface area (Å²) in [6.07, 6.45) is 4.51. The lowest BCUT2D eigenvalue weighted by molar-refractivity contribution is -0.113. The Labute approximate surface area is 139 Å². The van der Waals surface area contributed by atoms with Crippen LogP contribution >= 0.6 is 11.8 Å². The fourth-order valence-corrected chi connectivity index (χ4v) is 3.38. The molecule has 1 aliphatic rings. The van der Waals surface area contributed by atoms with Gasteiger partial charge in [-0.25, -0.2) is 0 Å². The molecule has 1 aromatic carbocycles. The third kappa shape index (κ3) is 4.04. The van der Waals surface area contributed by atoms with Gasteiger partial charge < -0.3 is 14.6 Å². The maximum absolute atomic E-state index is 12.1. The number of thioether (sulfide) groups is 1. The van der Waals surface area contributed by atoms with Gasteiger partial charge >= 0.3 is 0 Å². The molecule has 3 rings (SSSR count). The minimum atomic E-state index is -0.0609. The molecule has 1 N–H and O–H groups in total. The van der Waals surface area contributed by atoms with Crippen molar-refractivity contribution in [3.63, 3.8) is 0 Å². The molecule has 0 aliphatic carbocycles. The van der Waals surface area contributed by atoms with Gasteiger partial charge in [0, 0.05) is 24.7 Å². The van der Waals surface area contributed by atoms with Gasteiger partial charge in [-0.05, 0) is 25.0 Å². The van der Waals surface area contributed by atoms with Crippen molar-refractivity contribution >= 4 is 23.4 Å². The Balaban J connectivity index is 1.58. The summed E-state index contributed by atoms with van der Waals surface area (Å²) < 4.78 is 7.30. The second kappa shape index (κ2) is 7.50. The van der Waals surface area contributed by atoms with Crippen LogP contribution in [-0.4, -0.2) is 33.5 Å². The molecule has 0 atom stereocenters. The Hall–Kier alpha value is -2.02. The fourth-order valence-electron chi connectivity index (χ4n) is 2.59. The van der Waals surface area contributed by atoms with Crippen molar-refractivity contribution < 1.29 is 9.53 Å². The third-order valence-electron chi connectivity index (χ3n) is 3.76. The molecule has 1 amide bonds. The van der Waals surface area contributed by atoms with E-state index in [-0.39, 0.29) is 5.91 Å². The van der Waals surface area contributed by atoms with Crippen molar-refractivity contribution in [2.45, 2.75) is 37.4 Å². The van der Waals surface area contributed by atoms with Gasteiger partial charge in [0.05, 0.1) is 12.9 Å². The van der Waals surface area contributed by atoms with Crippen molar-refractivity contribution in [1.29, 1.82) is 0 Å².